The van der Waals surface area contributed by atoms with E-state index in [1.165, 1.54) is 6.07 Å². The predicted octanol–water partition coefficient (Wildman–Crippen LogP) is 6.54. The summed E-state index contributed by atoms with van der Waals surface area (Å²) in [6, 6.07) is 15.9. The van der Waals surface area contributed by atoms with E-state index in [1.807, 2.05) is 13.0 Å². The molecular weight excluding hydrogens is 386 g/mol. The summed E-state index contributed by atoms with van der Waals surface area (Å²) in [6.07, 6.45) is -4.90. The summed E-state index contributed by atoms with van der Waals surface area (Å²) in [5.74, 6) is -2.02. The van der Waals surface area contributed by atoms with Gasteiger partial charge in [0.05, 0.1) is 5.56 Å². The molecule has 0 radical (unpaired) electrons. The fraction of sp³-hybridized carbons (Fsp3) is 0.136. The molecule has 0 amide bonds. The summed E-state index contributed by atoms with van der Waals surface area (Å²) < 4.78 is 65.7. The molecule has 0 unspecified atom stereocenters. The van der Waals surface area contributed by atoms with Crippen molar-refractivity contribution in [2.75, 3.05) is 0 Å². The third-order valence-electron chi connectivity index (χ3n) is 4.45. The fourth-order valence-electron chi connectivity index (χ4n) is 2.98. The van der Waals surface area contributed by atoms with Crippen LogP contribution in [0.5, 0.6) is 5.75 Å². The van der Waals surface area contributed by atoms with Gasteiger partial charge in [0.15, 0.2) is 17.1 Å². The van der Waals surface area contributed by atoms with Crippen molar-refractivity contribution < 1.29 is 26.7 Å². The number of nitrogens with zero attached hydrogens (tertiary/aromatic N) is 1. The molecule has 4 rings (SSSR count). The molecule has 29 heavy (non-hydrogen) atoms. The highest BCUT2D eigenvalue weighted by atomic mass is 19.4. The van der Waals surface area contributed by atoms with Gasteiger partial charge in [-0.1, -0.05) is 42.5 Å². The van der Waals surface area contributed by atoms with Gasteiger partial charge >= 0.3 is 6.18 Å². The Labute approximate surface area is 163 Å². The summed E-state index contributed by atoms with van der Waals surface area (Å²) in [5, 5.41) is 0. The molecule has 0 bridgehead atoms. The Morgan fingerprint density at radius 1 is 1.00 bits per heavy atom. The predicted molar refractivity (Wildman–Crippen MR) is 99.9 cm³/mol. The van der Waals surface area contributed by atoms with Gasteiger partial charge in [0.2, 0.25) is 5.89 Å². The molecule has 0 spiro atoms. The molecule has 0 saturated carbocycles. The molecule has 4 aromatic rings. The van der Waals surface area contributed by atoms with Crippen molar-refractivity contribution in [1.29, 1.82) is 0 Å². The first-order chi connectivity index (χ1) is 13.8. The van der Waals surface area contributed by atoms with E-state index in [1.54, 1.807) is 42.5 Å². The zero-order valence-electron chi connectivity index (χ0n) is 15.3. The summed E-state index contributed by atoms with van der Waals surface area (Å²) >= 11 is 0. The molecule has 0 atom stereocenters. The molecule has 0 saturated heterocycles. The number of alkyl halides is 3. The Bertz CT molecular complexity index is 1170. The number of ether oxygens (including phenoxy) is 1. The second-order valence-electron chi connectivity index (χ2n) is 6.55. The summed E-state index contributed by atoms with van der Waals surface area (Å²) in [4.78, 5) is 4.28. The molecule has 7 heteroatoms. The van der Waals surface area contributed by atoms with Crippen molar-refractivity contribution in [2.45, 2.75) is 19.7 Å². The minimum Gasteiger partial charge on any atom is -0.486 e. The lowest BCUT2D eigenvalue weighted by Crippen LogP contribution is -2.10. The van der Waals surface area contributed by atoms with Crippen LogP contribution in [0.1, 0.15) is 16.7 Å². The largest absolute Gasteiger partial charge is 0.486 e. The monoisotopic (exact) mass is 401 g/mol. The van der Waals surface area contributed by atoms with Crippen LogP contribution in [0.4, 0.5) is 17.6 Å². The van der Waals surface area contributed by atoms with E-state index in [4.69, 9.17) is 9.15 Å². The van der Waals surface area contributed by atoms with Gasteiger partial charge in [-0.2, -0.15) is 13.2 Å². The number of para-hydroxylation sites is 1. The highest BCUT2D eigenvalue weighted by Crippen LogP contribution is 2.39. The van der Waals surface area contributed by atoms with E-state index < -0.39 is 23.3 Å². The minimum atomic E-state index is -4.90. The van der Waals surface area contributed by atoms with Crippen LogP contribution in [0.2, 0.25) is 0 Å². The lowest BCUT2D eigenvalue weighted by Gasteiger charge is -2.14. The highest BCUT2D eigenvalue weighted by molar-refractivity contribution is 5.79. The van der Waals surface area contributed by atoms with Gasteiger partial charge in [-0.15, -0.1) is 0 Å². The quantitative estimate of drug-likeness (QED) is 0.364. The van der Waals surface area contributed by atoms with Crippen LogP contribution in [0, 0.1) is 12.7 Å². The van der Waals surface area contributed by atoms with Gasteiger partial charge in [0.25, 0.3) is 0 Å². The maximum Gasteiger partial charge on any atom is 0.419 e. The van der Waals surface area contributed by atoms with Crippen molar-refractivity contribution in [3.63, 3.8) is 0 Å². The Morgan fingerprint density at radius 3 is 2.45 bits per heavy atom. The van der Waals surface area contributed by atoms with E-state index in [9.17, 15) is 17.6 Å². The lowest BCUT2D eigenvalue weighted by atomic mass is 10.1. The molecular formula is C22H15F4NO2. The maximum atomic E-state index is 14.5. The Hall–Kier alpha value is -3.35. The average Bonchev–Trinajstić information content (AvgIpc) is 3.13. The molecule has 0 aliphatic carbocycles. The van der Waals surface area contributed by atoms with Crippen molar-refractivity contribution in [3.8, 4) is 17.2 Å². The summed E-state index contributed by atoms with van der Waals surface area (Å²) in [7, 11) is 0. The number of fused-ring (bicyclic) bond motifs is 1. The second-order valence-corrected chi connectivity index (χ2v) is 6.55. The van der Waals surface area contributed by atoms with Gasteiger partial charge in [-0.3, -0.25) is 0 Å². The standard InChI is InChI=1S/C22H15F4NO2/c1-13-6-5-9-17-20(13)27-21(29-17)15-10-16(22(24,25)26)19(23)18(11-15)28-12-14-7-3-2-4-8-14/h2-11H,12H2,1H3. The third-order valence-corrected chi connectivity index (χ3v) is 4.45. The zero-order valence-corrected chi connectivity index (χ0v) is 15.3. The van der Waals surface area contributed by atoms with Gasteiger partial charge in [0, 0.05) is 5.56 Å². The Morgan fingerprint density at radius 2 is 1.76 bits per heavy atom. The zero-order chi connectivity index (χ0) is 20.6. The normalized spacial score (nSPS) is 11.8. The number of aromatic nitrogens is 1. The number of benzene rings is 3. The topological polar surface area (TPSA) is 35.3 Å². The number of halogens is 4. The first-order valence-corrected chi connectivity index (χ1v) is 8.77. The van der Waals surface area contributed by atoms with Crippen LogP contribution in [0.3, 0.4) is 0 Å². The molecule has 1 heterocycles. The van der Waals surface area contributed by atoms with E-state index in [2.05, 4.69) is 4.98 Å². The first-order valence-electron chi connectivity index (χ1n) is 8.77. The highest BCUT2D eigenvalue weighted by Gasteiger charge is 2.36. The molecule has 0 N–H and O–H groups in total. The number of hydrogen-bond acceptors (Lipinski definition) is 3. The molecule has 1 aromatic heterocycles. The molecule has 3 nitrogen and oxygen atoms in total. The SMILES string of the molecule is Cc1cccc2oc(-c3cc(OCc4ccccc4)c(F)c(C(F)(F)F)c3)nc12. The average molecular weight is 401 g/mol. The van der Waals surface area contributed by atoms with Crippen molar-refractivity contribution in [1.82, 2.24) is 4.98 Å². The van der Waals surface area contributed by atoms with Crippen LogP contribution in [-0.2, 0) is 12.8 Å². The molecule has 0 aliphatic rings. The van der Waals surface area contributed by atoms with Gasteiger partial charge in [-0.25, -0.2) is 9.37 Å². The van der Waals surface area contributed by atoms with Gasteiger partial charge in [0.1, 0.15) is 12.1 Å². The lowest BCUT2D eigenvalue weighted by molar-refractivity contribution is -0.140. The number of oxazole rings is 1. The van der Waals surface area contributed by atoms with E-state index in [0.29, 0.717) is 22.7 Å². The molecule has 3 aromatic carbocycles. The van der Waals surface area contributed by atoms with Gasteiger partial charge < -0.3 is 9.15 Å². The molecule has 0 aliphatic heterocycles. The molecule has 0 fully saturated rings. The van der Waals surface area contributed by atoms with E-state index in [0.717, 1.165) is 5.56 Å². The number of hydrogen-bond donors (Lipinski definition) is 0. The van der Waals surface area contributed by atoms with E-state index >= 15 is 0 Å². The molecule has 148 valence electrons. The Kier molecular flexibility index (Phi) is 4.74. The number of rotatable bonds is 4. The third kappa shape index (κ3) is 3.81. The van der Waals surface area contributed by atoms with Crippen molar-refractivity contribution in [3.05, 3.63) is 83.2 Å². The maximum absolute atomic E-state index is 14.5. The second kappa shape index (κ2) is 7.24. The Balaban J connectivity index is 1.79. The van der Waals surface area contributed by atoms with Crippen LogP contribution < -0.4 is 4.74 Å². The summed E-state index contributed by atoms with van der Waals surface area (Å²) in [6.45, 7) is 1.74. The van der Waals surface area contributed by atoms with Crippen LogP contribution in [-0.4, -0.2) is 4.98 Å². The fourth-order valence-corrected chi connectivity index (χ4v) is 2.98. The van der Waals surface area contributed by atoms with Crippen molar-refractivity contribution >= 4 is 11.1 Å². The van der Waals surface area contributed by atoms with Crippen LogP contribution >= 0.6 is 0 Å². The first kappa shape index (κ1) is 19.0. The minimum absolute atomic E-state index is 0.0163. The van der Waals surface area contributed by atoms with Crippen molar-refractivity contribution in [2.24, 2.45) is 0 Å². The number of aryl methyl sites for hydroxylation is 1. The van der Waals surface area contributed by atoms with E-state index in [-0.39, 0.29) is 18.1 Å². The summed E-state index contributed by atoms with van der Waals surface area (Å²) in [5.41, 5.74) is 1.03. The van der Waals surface area contributed by atoms with Crippen LogP contribution in [0.25, 0.3) is 22.6 Å². The smallest absolute Gasteiger partial charge is 0.419 e. The van der Waals surface area contributed by atoms with Gasteiger partial charge in [-0.05, 0) is 36.2 Å². The van der Waals surface area contributed by atoms with Crippen LogP contribution in [0.15, 0.2) is 65.1 Å².